The molecule has 0 aromatic heterocycles. The van der Waals surface area contributed by atoms with Crippen LogP contribution in [0.3, 0.4) is 0 Å². The van der Waals surface area contributed by atoms with Gasteiger partial charge in [0.2, 0.25) is 6.29 Å². The number of aliphatic hydroxyl groups excluding tert-OH is 1. The summed E-state index contributed by atoms with van der Waals surface area (Å²) in [6.45, 7) is 2.04. The zero-order valence-electron chi connectivity index (χ0n) is 9.47. The molecule has 88 valence electrons. The summed E-state index contributed by atoms with van der Waals surface area (Å²) in [4.78, 5) is 11.5. The van der Waals surface area contributed by atoms with Crippen LogP contribution < -0.4 is 0 Å². The van der Waals surface area contributed by atoms with Gasteiger partial charge in [0.15, 0.2) is 0 Å². The third kappa shape index (κ3) is 1.63. The molecule has 0 bridgehead atoms. The lowest BCUT2D eigenvalue weighted by Crippen LogP contribution is -2.34. The molecule has 0 amide bonds. The van der Waals surface area contributed by atoms with Gasteiger partial charge in [-0.15, -0.1) is 0 Å². The van der Waals surface area contributed by atoms with Crippen molar-refractivity contribution < 1.29 is 19.4 Å². The molecule has 1 aliphatic heterocycles. The van der Waals surface area contributed by atoms with Gasteiger partial charge >= 0.3 is 5.97 Å². The third-order valence-electron chi connectivity index (χ3n) is 3.37. The van der Waals surface area contributed by atoms with Gasteiger partial charge in [0.1, 0.15) is 0 Å². The largest absolute Gasteiger partial charge is 0.472 e. The standard InChI is InChI=1S/C12H16O4/c1-3-7-4-5-8-9(11(13)15-2)6-16-12(14)10(7)8/h4,6,8,10,12,14H,3,5H2,1-2H3/t8-,10-,12?/m1/s1. The SMILES string of the molecule is CCC1=CC[C@@H]2C(C(=O)OC)=COC(O)[C@H]12. The maximum atomic E-state index is 11.5. The van der Waals surface area contributed by atoms with Crippen LogP contribution in [-0.4, -0.2) is 24.5 Å². The summed E-state index contributed by atoms with van der Waals surface area (Å²) in [5, 5.41) is 9.79. The Labute approximate surface area is 94.5 Å². The van der Waals surface area contributed by atoms with Gasteiger partial charge in [-0.2, -0.15) is 0 Å². The fraction of sp³-hybridized carbons (Fsp3) is 0.583. The highest BCUT2D eigenvalue weighted by molar-refractivity contribution is 5.89. The molecule has 1 N–H and O–H groups in total. The van der Waals surface area contributed by atoms with Gasteiger partial charge in [-0.3, -0.25) is 0 Å². The highest BCUT2D eigenvalue weighted by atomic mass is 16.6. The molecule has 2 aliphatic rings. The Kier molecular flexibility index (Phi) is 3.01. The van der Waals surface area contributed by atoms with Crippen LogP contribution in [0.5, 0.6) is 0 Å². The van der Waals surface area contributed by atoms with Gasteiger partial charge in [-0.05, 0) is 12.8 Å². The Bertz CT molecular complexity index is 356. The lowest BCUT2D eigenvalue weighted by atomic mass is 9.83. The zero-order chi connectivity index (χ0) is 11.7. The van der Waals surface area contributed by atoms with Gasteiger partial charge in [-0.25, -0.2) is 4.79 Å². The first kappa shape index (κ1) is 11.2. The van der Waals surface area contributed by atoms with E-state index >= 15 is 0 Å². The maximum Gasteiger partial charge on any atom is 0.337 e. The van der Waals surface area contributed by atoms with E-state index < -0.39 is 6.29 Å². The summed E-state index contributed by atoms with van der Waals surface area (Å²) >= 11 is 0. The lowest BCUT2D eigenvalue weighted by Gasteiger charge is -2.31. The van der Waals surface area contributed by atoms with E-state index in [2.05, 4.69) is 6.08 Å². The Balaban J connectivity index is 2.26. The van der Waals surface area contributed by atoms with E-state index in [0.29, 0.717) is 5.57 Å². The number of hydrogen-bond donors (Lipinski definition) is 1. The third-order valence-corrected chi connectivity index (χ3v) is 3.37. The second-order valence-electron chi connectivity index (χ2n) is 4.09. The minimum absolute atomic E-state index is 0.00569. The van der Waals surface area contributed by atoms with Gasteiger partial charge in [0.05, 0.1) is 18.9 Å². The van der Waals surface area contributed by atoms with Crippen molar-refractivity contribution in [1.82, 2.24) is 0 Å². The average molecular weight is 224 g/mol. The van der Waals surface area contributed by atoms with Crippen LogP contribution in [0.15, 0.2) is 23.5 Å². The molecule has 1 heterocycles. The van der Waals surface area contributed by atoms with Crippen molar-refractivity contribution in [2.45, 2.75) is 26.1 Å². The first-order valence-corrected chi connectivity index (χ1v) is 5.49. The fourth-order valence-corrected chi connectivity index (χ4v) is 2.53. The molecule has 0 aromatic rings. The van der Waals surface area contributed by atoms with Gasteiger partial charge in [0, 0.05) is 11.8 Å². The van der Waals surface area contributed by atoms with Gasteiger partial charge in [-0.1, -0.05) is 18.6 Å². The van der Waals surface area contributed by atoms with E-state index in [1.54, 1.807) is 0 Å². The topological polar surface area (TPSA) is 55.8 Å². The molecule has 3 atom stereocenters. The van der Waals surface area contributed by atoms with E-state index in [4.69, 9.17) is 9.47 Å². The number of aliphatic hydroxyl groups is 1. The second kappa shape index (κ2) is 4.29. The maximum absolute atomic E-state index is 11.5. The Morgan fingerprint density at radius 1 is 1.69 bits per heavy atom. The van der Waals surface area contributed by atoms with E-state index in [1.165, 1.54) is 13.4 Å². The highest BCUT2D eigenvalue weighted by Gasteiger charge is 2.42. The van der Waals surface area contributed by atoms with Crippen molar-refractivity contribution in [3.63, 3.8) is 0 Å². The van der Waals surface area contributed by atoms with Crippen LogP contribution in [0.4, 0.5) is 0 Å². The monoisotopic (exact) mass is 224 g/mol. The molecule has 0 saturated carbocycles. The van der Waals surface area contributed by atoms with E-state index in [-0.39, 0.29) is 17.8 Å². The number of rotatable bonds is 2. The smallest absolute Gasteiger partial charge is 0.337 e. The van der Waals surface area contributed by atoms with Crippen LogP contribution in [0, 0.1) is 11.8 Å². The van der Waals surface area contributed by atoms with Gasteiger partial charge in [0.25, 0.3) is 0 Å². The molecule has 0 saturated heterocycles. The predicted octanol–water partition coefficient (Wildman–Crippen LogP) is 1.36. The number of hydrogen-bond acceptors (Lipinski definition) is 4. The molecule has 0 spiro atoms. The quantitative estimate of drug-likeness (QED) is 0.568. The molecule has 0 radical (unpaired) electrons. The minimum Gasteiger partial charge on any atom is -0.472 e. The molecule has 2 rings (SSSR count). The second-order valence-corrected chi connectivity index (χ2v) is 4.09. The minimum atomic E-state index is -0.841. The Morgan fingerprint density at radius 2 is 2.44 bits per heavy atom. The lowest BCUT2D eigenvalue weighted by molar-refractivity contribution is -0.141. The van der Waals surface area contributed by atoms with E-state index in [0.717, 1.165) is 18.4 Å². The Hall–Kier alpha value is -1.29. The van der Waals surface area contributed by atoms with Crippen molar-refractivity contribution in [2.75, 3.05) is 7.11 Å². The van der Waals surface area contributed by atoms with Crippen LogP contribution in [-0.2, 0) is 14.3 Å². The molecular weight excluding hydrogens is 208 g/mol. The summed E-state index contributed by atoms with van der Waals surface area (Å²) in [6, 6.07) is 0. The van der Waals surface area contributed by atoms with Crippen LogP contribution in [0.2, 0.25) is 0 Å². The summed E-state index contributed by atoms with van der Waals surface area (Å²) in [5.74, 6) is -0.456. The van der Waals surface area contributed by atoms with Crippen LogP contribution in [0.25, 0.3) is 0 Å². The first-order chi connectivity index (χ1) is 7.69. The van der Waals surface area contributed by atoms with E-state index in [1.807, 2.05) is 6.92 Å². The number of methoxy groups -OCH3 is 1. The molecular formula is C12H16O4. The summed E-state index contributed by atoms with van der Waals surface area (Å²) in [7, 11) is 1.35. The number of fused-ring (bicyclic) bond motifs is 1. The van der Waals surface area contributed by atoms with Crippen LogP contribution >= 0.6 is 0 Å². The first-order valence-electron chi connectivity index (χ1n) is 5.49. The molecule has 0 aromatic carbocycles. The summed E-state index contributed by atoms with van der Waals surface area (Å²) in [5.41, 5.74) is 1.68. The summed E-state index contributed by atoms with van der Waals surface area (Å²) in [6.07, 6.45) is 4.23. The molecule has 16 heavy (non-hydrogen) atoms. The van der Waals surface area contributed by atoms with Gasteiger partial charge < -0.3 is 14.6 Å². The highest BCUT2D eigenvalue weighted by Crippen LogP contribution is 2.43. The van der Waals surface area contributed by atoms with Crippen molar-refractivity contribution in [2.24, 2.45) is 11.8 Å². The number of ether oxygens (including phenoxy) is 2. The summed E-state index contributed by atoms with van der Waals surface area (Å²) < 4.78 is 9.82. The molecule has 1 unspecified atom stereocenters. The van der Waals surface area contributed by atoms with E-state index in [9.17, 15) is 9.90 Å². The normalized spacial score (nSPS) is 32.3. The molecule has 4 nitrogen and oxygen atoms in total. The molecule has 0 fully saturated rings. The number of carbonyl (C=O) groups is 1. The Morgan fingerprint density at radius 3 is 3.06 bits per heavy atom. The van der Waals surface area contributed by atoms with Crippen molar-refractivity contribution in [3.05, 3.63) is 23.5 Å². The van der Waals surface area contributed by atoms with Crippen molar-refractivity contribution >= 4 is 5.97 Å². The number of carbonyl (C=O) groups excluding carboxylic acids is 1. The van der Waals surface area contributed by atoms with Crippen molar-refractivity contribution in [3.8, 4) is 0 Å². The van der Waals surface area contributed by atoms with Crippen LogP contribution in [0.1, 0.15) is 19.8 Å². The zero-order valence-corrected chi connectivity index (χ0v) is 9.47. The fourth-order valence-electron chi connectivity index (χ4n) is 2.53. The average Bonchev–Trinajstić information content (AvgIpc) is 2.73. The number of esters is 1. The predicted molar refractivity (Wildman–Crippen MR) is 57.2 cm³/mol. The molecule has 1 aliphatic carbocycles. The molecule has 4 heteroatoms. The number of allylic oxidation sites excluding steroid dienone is 1. The van der Waals surface area contributed by atoms with Crippen molar-refractivity contribution in [1.29, 1.82) is 0 Å².